The van der Waals surface area contributed by atoms with Gasteiger partial charge in [-0.3, -0.25) is 4.79 Å². The summed E-state index contributed by atoms with van der Waals surface area (Å²) < 4.78 is 0. The fourth-order valence-electron chi connectivity index (χ4n) is 2.83. The lowest BCUT2D eigenvalue weighted by Gasteiger charge is -2.24. The number of carbonyl (C=O) groups is 1. The fraction of sp³-hybridized carbons (Fsp3) is 0.533. The maximum absolute atomic E-state index is 11.3. The van der Waals surface area contributed by atoms with Gasteiger partial charge in [0, 0.05) is 29.7 Å². The summed E-state index contributed by atoms with van der Waals surface area (Å²) in [6.45, 7) is 7.43. The molecule has 0 aliphatic carbocycles. The van der Waals surface area contributed by atoms with Crippen molar-refractivity contribution in [2.45, 2.75) is 33.1 Å². The number of aliphatic carboxylic acids is 1. The molecule has 1 aliphatic heterocycles. The average Bonchev–Trinajstić information content (AvgIpc) is 2.68. The van der Waals surface area contributed by atoms with Gasteiger partial charge in [-0.2, -0.15) is 0 Å². The summed E-state index contributed by atoms with van der Waals surface area (Å²) in [4.78, 5) is 13.6. The van der Waals surface area contributed by atoms with E-state index in [1.165, 1.54) is 0 Å². The van der Waals surface area contributed by atoms with E-state index in [4.69, 9.17) is 11.6 Å². The first kappa shape index (κ1) is 14.2. The molecule has 0 radical (unpaired) electrons. The number of halogens is 1. The standard InChI is InChI=1S/C15H20ClNO2/c1-4-17-9-10(8-15(2,3)14(18)19)13-11(16)6-5-7-12(13)17/h5-7,10H,4,8-9H2,1-3H3,(H,18,19). The van der Waals surface area contributed by atoms with Crippen molar-refractivity contribution >= 4 is 23.3 Å². The maximum atomic E-state index is 11.3. The molecule has 4 heteroatoms. The van der Waals surface area contributed by atoms with Crippen LogP contribution < -0.4 is 4.90 Å². The Morgan fingerprint density at radius 3 is 2.79 bits per heavy atom. The third kappa shape index (κ3) is 2.57. The molecule has 1 aliphatic rings. The zero-order valence-electron chi connectivity index (χ0n) is 11.6. The fourth-order valence-corrected chi connectivity index (χ4v) is 3.15. The van der Waals surface area contributed by atoms with E-state index in [1.807, 2.05) is 12.1 Å². The molecule has 0 bridgehead atoms. The minimum atomic E-state index is -0.754. The van der Waals surface area contributed by atoms with Crippen LogP contribution in [0, 0.1) is 5.41 Å². The summed E-state index contributed by atoms with van der Waals surface area (Å²) in [5.74, 6) is -0.564. The Labute approximate surface area is 119 Å². The van der Waals surface area contributed by atoms with Gasteiger partial charge < -0.3 is 10.0 Å². The third-order valence-electron chi connectivity index (χ3n) is 3.94. The maximum Gasteiger partial charge on any atom is 0.309 e. The smallest absolute Gasteiger partial charge is 0.309 e. The van der Waals surface area contributed by atoms with Gasteiger partial charge in [0.1, 0.15) is 0 Å². The first-order chi connectivity index (χ1) is 8.86. The van der Waals surface area contributed by atoms with Crippen LogP contribution in [0.1, 0.15) is 38.7 Å². The molecule has 0 fully saturated rings. The highest BCUT2D eigenvalue weighted by atomic mass is 35.5. The van der Waals surface area contributed by atoms with Crippen LogP contribution >= 0.6 is 11.6 Å². The molecule has 1 atom stereocenters. The lowest BCUT2D eigenvalue weighted by molar-refractivity contribution is -0.147. The first-order valence-corrected chi connectivity index (χ1v) is 7.01. The van der Waals surface area contributed by atoms with Crippen LogP contribution in [0.15, 0.2) is 18.2 Å². The van der Waals surface area contributed by atoms with Crippen LogP contribution in [0.3, 0.4) is 0 Å². The van der Waals surface area contributed by atoms with Gasteiger partial charge in [0.2, 0.25) is 0 Å². The van der Waals surface area contributed by atoms with Crippen molar-refractivity contribution in [2.75, 3.05) is 18.0 Å². The summed E-state index contributed by atoms with van der Waals surface area (Å²) >= 11 is 6.32. The molecule has 2 rings (SSSR count). The van der Waals surface area contributed by atoms with Crippen LogP contribution in [0.25, 0.3) is 0 Å². The lowest BCUT2D eigenvalue weighted by Crippen LogP contribution is -2.28. The van der Waals surface area contributed by atoms with Crippen molar-refractivity contribution in [3.05, 3.63) is 28.8 Å². The lowest BCUT2D eigenvalue weighted by atomic mass is 9.81. The molecule has 1 aromatic carbocycles. The quantitative estimate of drug-likeness (QED) is 0.913. The van der Waals surface area contributed by atoms with Gasteiger partial charge in [-0.1, -0.05) is 17.7 Å². The van der Waals surface area contributed by atoms with Crippen LogP contribution in [0.2, 0.25) is 5.02 Å². The van der Waals surface area contributed by atoms with E-state index < -0.39 is 11.4 Å². The number of fused-ring (bicyclic) bond motifs is 1. The Bertz CT molecular complexity index is 499. The summed E-state index contributed by atoms with van der Waals surface area (Å²) in [5, 5.41) is 10.0. The number of carboxylic acids is 1. The molecule has 0 aromatic heterocycles. The Morgan fingerprint density at radius 2 is 2.21 bits per heavy atom. The number of anilines is 1. The van der Waals surface area contributed by atoms with Crippen molar-refractivity contribution in [3.8, 4) is 0 Å². The van der Waals surface area contributed by atoms with Gasteiger partial charge in [0.05, 0.1) is 5.41 Å². The predicted octanol–water partition coefficient (Wildman–Crippen LogP) is 3.76. The van der Waals surface area contributed by atoms with Gasteiger partial charge >= 0.3 is 5.97 Å². The number of carboxylic acid groups (broad SMARTS) is 1. The molecular formula is C15H20ClNO2. The van der Waals surface area contributed by atoms with Gasteiger partial charge in [-0.15, -0.1) is 0 Å². The van der Waals surface area contributed by atoms with Crippen LogP contribution in [-0.2, 0) is 4.79 Å². The van der Waals surface area contributed by atoms with Crippen molar-refractivity contribution in [2.24, 2.45) is 5.41 Å². The van der Waals surface area contributed by atoms with E-state index in [1.54, 1.807) is 13.8 Å². The van der Waals surface area contributed by atoms with Crippen LogP contribution in [0.4, 0.5) is 5.69 Å². The second-order valence-corrected chi connectivity index (χ2v) is 6.21. The Morgan fingerprint density at radius 1 is 1.53 bits per heavy atom. The SMILES string of the molecule is CCN1CC(CC(C)(C)C(=O)O)c2c(Cl)cccc21. The zero-order chi connectivity index (χ0) is 14.2. The second-order valence-electron chi connectivity index (χ2n) is 5.80. The van der Waals surface area contributed by atoms with Gasteiger partial charge in [-0.05, 0) is 44.9 Å². The van der Waals surface area contributed by atoms with E-state index in [2.05, 4.69) is 17.9 Å². The number of hydrogen-bond donors (Lipinski definition) is 1. The molecule has 1 N–H and O–H groups in total. The summed E-state index contributed by atoms with van der Waals surface area (Å²) in [5.41, 5.74) is 1.53. The second kappa shape index (κ2) is 5.04. The normalized spacial score (nSPS) is 18.5. The Hall–Kier alpha value is -1.22. The van der Waals surface area contributed by atoms with E-state index in [-0.39, 0.29) is 5.92 Å². The predicted molar refractivity (Wildman–Crippen MR) is 78.1 cm³/mol. The highest BCUT2D eigenvalue weighted by molar-refractivity contribution is 6.32. The molecule has 0 saturated carbocycles. The number of nitrogens with zero attached hydrogens (tertiary/aromatic N) is 1. The largest absolute Gasteiger partial charge is 0.481 e. The highest BCUT2D eigenvalue weighted by Gasteiger charge is 2.37. The van der Waals surface area contributed by atoms with Crippen molar-refractivity contribution < 1.29 is 9.90 Å². The molecule has 104 valence electrons. The van der Waals surface area contributed by atoms with E-state index in [0.29, 0.717) is 6.42 Å². The molecule has 0 amide bonds. The van der Waals surface area contributed by atoms with Gasteiger partial charge in [0.15, 0.2) is 0 Å². The average molecular weight is 282 g/mol. The highest BCUT2D eigenvalue weighted by Crippen LogP contribution is 2.45. The van der Waals surface area contributed by atoms with Crippen LogP contribution in [0.5, 0.6) is 0 Å². The van der Waals surface area contributed by atoms with Crippen molar-refractivity contribution in [3.63, 3.8) is 0 Å². The molecule has 1 unspecified atom stereocenters. The topological polar surface area (TPSA) is 40.5 Å². The number of rotatable bonds is 4. The van der Waals surface area contributed by atoms with E-state index in [0.717, 1.165) is 29.4 Å². The Kier molecular flexibility index (Phi) is 3.77. The van der Waals surface area contributed by atoms with Crippen LogP contribution in [-0.4, -0.2) is 24.2 Å². The summed E-state index contributed by atoms with van der Waals surface area (Å²) in [7, 11) is 0. The molecule has 19 heavy (non-hydrogen) atoms. The number of benzene rings is 1. The van der Waals surface area contributed by atoms with Gasteiger partial charge in [-0.25, -0.2) is 0 Å². The molecule has 0 spiro atoms. The minimum absolute atomic E-state index is 0.190. The molecule has 3 nitrogen and oxygen atoms in total. The van der Waals surface area contributed by atoms with E-state index in [9.17, 15) is 9.90 Å². The summed E-state index contributed by atoms with van der Waals surface area (Å²) in [6.07, 6.45) is 0.607. The molecular weight excluding hydrogens is 262 g/mol. The molecule has 1 heterocycles. The van der Waals surface area contributed by atoms with Crippen molar-refractivity contribution in [1.82, 2.24) is 0 Å². The van der Waals surface area contributed by atoms with Crippen molar-refractivity contribution in [1.29, 1.82) is 0 Å². The monoisotopic (exact) mass is 281 g/mol. The number of hydrogen-bond acceptors (Lipinski definition) is 2. The third-order valence-corrected chi connectivity index (χ3v) is 4.27. The van der Waals surface area contributed by atoms with E-state index >= 15 is 0 Å². The number of likely N-dealkylation sites (N-methyl/N-ethyl adjacent to an activating group) is 1. The van der Waals surface area contributed by atoms with Gasteiger partial charge in [0.25, 0.3) is 0 Å². The minimum Gasteiger partial charge on any atom is -0.481 e. The molecule has 1 aromatic rings. The summed E-state index contributed by atoms with van der Waals surface area (Å²) in [6, 6.07) is 5.91. The Balaban J connectivity index is 2.34. The zero-order valence-corrected chi connectivity index (χ0v) is 12.4. The molecule has 0 saturated heterocycles. The first-order valence-electron chi connectivity index (χ1n) is 6.63.